The summed E-state index contributed by atoms with van der Waals surface area (Å²) in [5.41, 5.74) is 2.12. The first kappa shape index (κ1) is 16.4. The van der Waals surface area contributed by atoms with Gasteiger partial charge in [-0.25, -0.2) is 0 Å². The van der Waals surface area contributed by atoms with Gasteiger partial charge in [0, 0.05) is 25.2 Å². The van der Waals surface area contributed by atoms with E-state index in [2.05, 4.69) is 4.98 Å². The van der Waals surface area contributed by atoms with E-state index in [1.54, 1.807) is 29.3 Å². The summed E-state index contributed by atoms with van der Waals surface area (Å²) in [5, 5.41) is 9.64. The number of nitrogens with zero attached hydrogens (tertiary/aromatic N) is 2. The highest BCUT2D eigenvalue weighted by atomic mass is 16.7. The van der Waals surface area contributed by atoms with Crippen LogP contribution in [0.25, 0.3) is 0 Å². The van der Waals surface area contributed by atoms with Crippen LogP contribution in [0.1, 0.15) is 27.5 Å². The molecule has 7 nitrogen and oxygen atoms in total. The van der Waals surface area contributed by atoms with Crippen molar-refractivity contribution in [2.75, 3.05) is 19.9 Å². The first-order chi connectivity index (χ1) is 12.5. The number of carbonyl (C=O) groups is 2. The summed E-state index contributed by atoms with van der Waals surface area (Å²) in [6.45, 7) is 2.54. The van der Waals surface area contributed by atoms with Gasteiger partial charge in [-0.3, -0.25) is 14.6 Å². The molecule has 2 aliphatic rings. The van der Waals surface area contributed by atoms with E-state index in [0.29, 0.717) is 23.7 Å². The molecule has 134 valence electrons. The number of aliphatic carboxylic acids is 1. The zero-order chi connectivity index (χ0) is 18.3. The van der Waals surface area contributed by atoms with Crippen molar-refractivity contribution in [3.63, 3.8) is 0 Å². The monoisotopic (exact) mass is 354 g/mol. The van der Waals surface area contributed by atoms with Gasteiger partial charge in [-0.2, -0.15) is 0 Å². The second kappa shape index (κ2) is 6.33. The van der Waals surface area contributed by atoms with Crippen LogP contribution < -0.4 is 9.47 Å². The highest BCUT2D eigenvalue weighted by Crippen LogP contribution is 2.39. The number of aromatic nitrogens is 1. The Morgan fingerprint density at radius 1 is 1.15 bits per heavy atom. The molecule has 0 bridgehead atoms. The Labute approximate surface area is 150 Å². The molecule has 2 aromatic rings. The van der Waals surface area contributed by atoms with Gasteiger partial charge in [0.2, 0.25) is 6.79 Å². The number of hydrogen-bond acceptors (Lipinski definition) is 5. The largest absolute Gasteiger partial charge is 0.481 e. The lowest BCUT2D eigenvalue weighted by Gasteiger charge is -2.16. The van der Waals surface area contributed by atoms with Gasteiger partial charge in [0.25, 0.3) is 5.91 Å². The van der Waals surface area contributed by atoms with Crippen molar-refractivity contribution in [2.24, 2.45) is 5.92 Å². The van der Waals surface area contributed by atoms with Crippen LogP contribution in [0.3, 0.4) is 0 Å². The maximum Gasteiger partial charge on any atom is 0.308 e. The van der Waals surface area contributed by atoms with E-state index in [1.165, 1.54) is 0 Å². The minimum absolute atomic E-state index is 0.156. The Hall–Kier alpha value is -3.09. The fourth-order valence-corrected chi connectivity index (χ4v) is 3.46. The molecular weight excluding hydrogens is 336 g/mol. The molecule has 0 unspecified atom stereocenters. The van der Waals surface area contributed by atoms with Crippen LogP contribution in [0.5, 0.6) is 11.5 Å². The molecule has 2 atom stereocenters. The van der Waals surface area contributed by atoms with Gasteiger partial charge in [0.05, 0.1) is 5.92 Å². The molecule has 3 heterocycles. The fourth-order valence-electron chi connectivity index (χ4n) is 3.46. The zero-order valence-electron chi connectivity index (χ0n) is 14.2. The number of rotatable bonds is 3. The minimum atomic E-state index is -0.917. The third-order valence-electron chi connectivity index (χ3n) is 4.88. The van der Waals surface area contributed by atoms with Gasteiger partial charge in [-0.15, -0.1) is 0 Å². The van der Waals surface area contributed by atoms with Crippen molar-refractivity contribution in [3.05, 3.63) is 53.3 Å². The Morgan fingerprint density at radius 3 is 2.69 bits per heavy atom. The molecule has 0 saturated carbocycles. The second-order valence-electron chi connectivity index (χ2n) is 6.59. The molecule has 0 aliphatic carbocycles. The molecule has 1 aromatic heterocycles. The number of carbonyl (C=O) groups excluding carboxylic acids is 1. The maximum atomic E-state index is 12.7. The molecule has 1 aromatic carbocycles. The third-order valence-corrected chi connectivity index (χ3v) is 4.88. The lowest BCUT2D eigenvalue weighted by Crippen LogP contribution is -2.30. The smallest absolute Gasteiger partial charge is 0.308 e. The Morgan fingerprint density at radius 2 is 1.96 bits per heavy atom. The summed E-state index contributed by atoms with van der Waals surface area (Å²) in [7, 11) is 0. The number of fused-ring (bicyclic) bond motifs is 1. The summed E-state index contributed by atoms with van der Waals surface area (Å²) >= 11 is 0. The Balaban J connectivity index is 1.60. The van der Waals surface area contributed by atoms with Gasteiger partial charge >= 0.3 is 5.97 Å². The summed E-state index contributed by atoms with van der Waals surface area (Å²) < 4.78 is 10.7. The molecule has 1 amide bonds. The van der Waals surface area contributed by atoms with E-state index < -0.39 is 11.9 Å². The quantitative estimate of drug-likeness (QED) is 0.908. The van der Waals surface area contributed by atoms with E-state index in [9.17, 15) is 14.7 Å². The van der Waals surface area contributed by atoms with Crippen LogP contribution in [-0.4, -0.2) is 46.7 Å². The summed E-state index contributed by atoms with van der Waals surface area (Å²) in [6.07, 6.45) is 1.63. The molecule has 2 aliphatic heterocycles. The van der Waals surface area contributed by atoms with Crippen LogP contribution in [0.15, 0.2) is 36.5 Å². The fraction of sp³-hybridized carbons (Fsp3) is 0.316. The molecule has 7 heteroatoms. The maximum absolute atomic E-state index is 12.7. The molecule has 1 saturated heterocycles. The number of ether oxygens (including phenoxy) is 2. The summed E-state index contributed by atoms with van der Waals surface area (Å²) in [6, 6.07) is 8.91. The highest BCUT2D eigenvalue weighted by molar-refractivity contribution is 5.93. The van der Waals surface area contributed by atoms with E-state index in [1.807, 2.05) is 19.1 Å². The van der Waals surface area contributed by atoms with Gasteiger partial charge in [-0.05, 0) is 36.2 Å². The highest BCUT2D eigenvalue weighted by Gasteiger charge is 2.41. The number of benzene rings is 1. The topological polar surface area (TPSA) is 89.0 Å². The molecule has 1 N–H and O–H groups in total. The molecule has 4 rings (SSSR count). The first-order valence-electron chi connectivity index (χ1n) is 8.37. The number of carboxylic acid groups (broad SMARTS) is 1. The molecule has 26 heavy (non-hydrogen) atoms. The SMILES string of the molecule is Cc1ccc(C(=O)N2C[C@H](C(=O)O)[C@@H](c3ccc4c(c3)OCO4)C2)nc1. The van der Waals surface area contributed by atoms with Crippen molar-refractivity contribution < 1.29 is 24.2 Å². The van der Waals surface area contributed by atoms with Crippen LogP contribution >= 0.6 is 0 Å². The van der Waals surface area contributed by atoms with Crippen molar-refractivity contribution in [1.82, 2.24) is 9.88 Å². The van der Waals surface area contributed by atoms with E-state index in [0.717, 1.165) is 11.1 Å². The Bertz CT molecular complexity index is 865. The average Bonchev–Trinajstić information content (AvgIpc) is 3.28. The van der Waals surface area contributed by atoms with E-state index in [4.69, 9.17) is 9.47 Å². The summed E-state index contributed by atoms with van der Waals surface area (Å²) in [5.74, 6) is -0.896. The predicted octanol–water partition coefficient (Wildman–Crippen LogP) is 2.06. The summed E-state index contributed by atoms with van der Waals surface area (Å²) in [4.78, 5) is 30.2. The number of aryl methyl sites for hydroxylation is 1. The van der Waals surface area contributed by atoms with Crippen LogP contribution in [0.4, 0.5) is 0 Å². The Kier molecular flexibility index (Phi) is 3.99. The molecule has 0 radical (unpaired) electrons. The van der Waals surface area contributed by atoms with Crippen LogP contribution in [-0.2, 0) is 4.79 Å². The van der Waals surface area contributed by atoms with Gasteiger partial charge < -0.3 is 19.5 Å². The number of hydrogen-bond donors (Lipinski definition) is 1. The lowest BCUT2D eigenvalue weighted by atomic mass is 9.89. The number of pyridine rings is 1. The minimum Gasteiger partial charge on any atom is -0.481 e. The lowest BCUT2D eigenvalue weighted by molar-refractivity contribution is -0.141. The van der Waals surface area contributed by atoms with Crippen molar-refractivity contribution in [3.8, 4) is 11.5 Å². The number of amides is 1. The van der Waals surface area contributed by atoms with E-state index in [-0.39, 0.29) is 25.2 Å². The molecule has 1 fully saturated rings. The third kappa shape index (κ3) is 2.85. The molecular formula is C19H18N2O5. The number of carboxylic acids is 1. The average molecular weight is 354 g/mol. The predicted molar refractivity (Wildman–Crippen MR) is 91.3 cm³/mol. The zero-order valence-corrected chi connectivity index (χ0v) is 14.2. The van der Waals surface area contributed by atoms with Gasteiger partial charge in [-0.1, -0.05) is 12.1 Å². The number of likely N-dealkylation sites (tertiary alicyclic amines) is 1. The van der Waals surface area contributed by atoms with Crippen molar-refractivity contribution in [1.29, 1.82) is 0 Å². The van der Waals surface area contributed by atoms with Crippen LogP contribution in [0, 0.1) is 12.8 Å². The van der Waals surface area contributed by atoms with Crippen LogP contribution in [0.2, 0.25) is 0 Å². The van der Waals surface area contributed by atoms with Gasteiger partial charge in [0.15, 0.2) is 11.5 Å². The van der Waals surface area contributed by atoms with Gasteiger partial charge in [0.1, 0.15) is 5.69 Å². The first-order valence-corrected chi connectivity index (χ1v) is 8.37. The van der Waals surface area contributed by atoms with E-state index >= 15 is 0 Å². The standard InChI is InChI=1S/C19H18N2O5/c1-11-2-4-15(20-7-11)18(22)21-8-13(14(9-21)19(23)24)12-3-5-16-17(6-12)26-10-25-16/h2-7,13-14H,8-10H2,1H3,(H,23,24)/t13-,14+/m1/s1. The molecule has 0 spiro atoms. The normalized spacial score (nSPS) is 21.0. The van der Waals surface area contributed by atoms with Crippen molar-refractivity contribution >= 4 is 11.9 Å². The van der Waals surface area contributed by atoms with Crippen molar-refractivity contribution in [2.45, 2.75) is 12.8 Å². The second-order valence-corrected chi connectivity index (χ2v) is 6.59.